The molecular formula is C18H30Na2O2. The van der Waals surface area contributed by atoms with Gasteiger partial charge in [-0.05, 0) is 18.6 Å². The zero-order valence-electron chi connectivity index (χ0n) is 12.8. The fourth-order valence-corrected chi connectivity index (χ4v) is 2.25. The Balaban J connectivity index is 0. The summed E-state index contributed by atoms with van der Waals surface area (Å²) in [5, 5.41) is 0. The van der Waals surface area contributed by atoms with E-state index in [1.807, 2.05) is 30.3 Å². The van der Waals surface area contributed by atoms with Crippen molar-refractivity contribution < 1.29 is 9.53 Å². The van der Waals surface area contributed by atoms with E-state index in [0.29, 0.717) is 12.2 Å². The van der Waals surface area contributed by atoms with Crippen molar-refractivity contribution in [2.75, 3.05) is 0 Å². The molecule has 0 aliphatic carbocycles. The maximum atomic E-state index is 11.6. The molecule has 2 nitrogen and oxygen atoms in total. The molecule has 116 valence electrons. The van der Waals surface area contributed by atoms with Crippen molar-refractivity contribution in [3.8, 4) is 5.75 Å². The summed E-state index contributed by atoms with van der Waals surface area (Å²) in [4.78, 5) is 11.6. The van der Waals surface area contributed by atoms with Gasteiger partial charge in [0.25, 0.3) is 0 Å². The van der Waals surface area contributed by atoms with Crippen LogP contribution in [0.5, 0.6) is 5.75 Å². The van der Waals surface area contributed by atoms with Gasteiger partial charge in [-0.1, -0.05) is 76.5 Å². The van der Waals surface area contributed by atoms with Crippen LogP contribution in [0.15, 0.2) is 30.3 Å². The summed E-state index contributed by atoms with van der Waals surface area (Å²) in [6.07, 6.45) is 11.9. The van der Waals surface area contributed by atoms with Gasteiger partial charge in [-0.2, -0.15) is 0 Å². The summed E-state index contributed by atoms with van der Waals surface area (Å²) in [5.41, 5.74) is 0. The van der Waals surface area contributed by atoms with Crippen LogP contribution in [0, 0.1) is 0 Å². The molecule has 0 bridgehead atoms. The van der Waals surface area contributed by atoms with Gasteiger partial charge in [0, 0.05) is 6.42 Å². The summed E-state index contributed by atoms with van der Waals surface area (Å²) >= 11 is 0. The number of rotatable bonds is 11. The third kappa shape index (κ3) is 14.3. The average molecular weight is 324 g/mol. The molecule has 0 spiro atoms. The summed E-state index contributed by atoms with van der Waals surface area (Å²) in [5.74, 6) is 0.535. The van der Waals surface area contributed by atoms with E-state index in [0.717, 1.165) is 12.8 Å². The number of unbranched alkanes of at least 4 members (excludes halogenated alkanes) is 8. The van der Waals surface area contributed by atoms with Crippen LogP contribution < -0.4 is 4.74 Å². The van der Waals surface area contributed by atoms with Crippen LogP contribution in [0.25, 0.3) is 0 Å². The second kappa shape index (κ2) is 18.0. The molecule has 4 heteroatoms. The molecule has 0 amide bonds. The topological polar surface area (TPSA) is 26.3 Å². The summed E-state index contributed by atoms with van der Waals surface area (Å²) in [7, 11) is 0. The molecule has 0 heterocycles. The van der Waals surface area contributed by atoms with Gasteiger partial charge in [-0.15, -0.1) is 0 Å². The van der Waals surface area contributed by atoms with E-state index >= 15 is 0 Å². The normalized spacial score (nSPS) is 9.50. The molecule has 0 N–H and O–H groups in total. The van der Waals surface area contributed by atoms with Crippen LogP contribution in [0.4, 0.5) is 0 Å². The monoisotopic (exact) mass is 324 g/mol. The van der Waals surface area contributed by atoms with E-state index < -0.39 is 0 Å². The molecule has 22 heavy (non-hydrogen) atoms. The first-order valence-electron chi connectivity index (χ1n) is 8.08. The molecular weight excluding hydrogens is 294 g/mol. The first kappa shape index (κ1) is 24.9. The Labute approximate surface area is 180 Å². The third-order valence-electron chi connectivity index (χ3n) is 3.46. The second-order valence-electron chi connectivity index (χ2n) is 5.37. The van der Waals surface area contributed by atoms with Crippen LogP contribution in [-0.4, -0.2) is 65.1 Å². The van der Waals surface area contributed by atoms with Crippen LogP contribution in [-0.2, 0) is 4.79 Å². The van der Waals surface area contributed by atoms with Crippen molar-refractivity contribution >= 4 is 65.1 Å². The van der Waals surface area contributed by atoms with Crippen molar-refractivity contribution in [3.05, 3.63) is 30.3 Å². The molecule has 1 rings (SSSR count). The number of esters is 1. The summed E-state index contributed by atoms with van der Waals surface area (Å²) in [6, 6.07) is 9.29. The molecule has 0 atom stereocenters. The van der Waals surface area contributed by atoms with Crippen LogP contribution in [0.2, 0.25) is 0 Å². The van der Waals surface area contributed by atoms with E-state index in [2.05, 4.69) is 6.92 Å². The Bertz CT molecular complexity index is 355. The standard InChI is InChI=1S/C18H28O2.2Na.2H/c1-2-3-4-5-6-7-8-9-13-16-18(19)20-17-14-11-10-12-15-17;;;;/h10-12,14-15H,2-9,13,16H2,1H3;;;;. The van der Waals surface area contributed by atoms with Crippen LogP contribution in [0.3, 0.4) is 0 Å². The Kier molecular flexibility index (Phi) is 20.4. The van der Waals surface area contributed by atoms with E-state index in [1.54, 1.807) is 0 Å². The average Bonchev–Trinajstić information content (AvgIpc) is 2.46. The van der Waals surface area contributed by atoms with Crippen molar-refractivity contribution in [1.29, 1.82) is 0 Å². The van der Waals surface area contributed by atoms with Gasteiger partial charge in [-0.3, -0.25) is 4.79 Å². The van der Waals surface area contributed by atoms with E-state index in [-0.39, 0.29) is 65.1 Å². The van der Waals surface area contributed by atoms with Gasteiger partial charge in [0.15, 0.2) is 0 Å². The molecule has 0 aliphatic rings. The van der Waals surface area contributed by atoms with Crippen molar-refractivity contribution in [2.24, 2.45) is 0 Å². The number of ether oxygens (including phenoxy) is 1. The van der Waals surface area contributed by atoms with Gasteiger partial charge >= 0.3 is 65.1 Å². The molecule has 0 unspecified atom stereocenters. The van der Waals surface area contributed by atoms with Gasteiger partial charge < -0.3 is 4.74 Å². The molecule has 0 saturated carbocycles. The molecule has 0 fully saturated rings. The number of carbonyl (C=O) groups excluding carboxylic acids is 1. The Hall–Kier alpha value is 0.690. The van der Waals surface area contributed by atoms with Gasteiger partial charge in [-0.25, -0.2) is 0 Å². The minimum absolute atomic E-state index is 0. The van der Waals surface area contributed by atoms with Crippen molar-refractivity contribution in [3.63, 3.8) is 0 Å². The predicted molar refractivity (Wildman–Crippen MR) is 98.2 cm³/mol. The van der Waals surface area contributed by atoms with Gasteiger partial charge in [0.2, 0.25) is 0 Å². The van der Waals surface area contributed by atoms with Crippen molar-refractivity contribution in [2.45, 2.75) is 71.1 Å². The maximum absolute atomic E-state index is 11.6. The number of para-hydroxylation sites is 1. The number of hydrogen-bond acceptors (Lipinski definition) is 2. The summed E-state index contributed by atoms with van der Waals surface area (Å²) < 4.78 is 5.25. The fraction of sp³-hybridized carbons (Fsp3) is 0.611. The Morgan fingerprint density at radius 2 is 1.32 bits per heavy atom. The Morgan fingerprint density at radius 3 is 1.86 bits per heavy atom. The van der Waals surface area contributed by atoms with Crippen LogP contribution >= 0.6 is 0 Å². The molecule has 0 radical (unpaired) electrons. The van der Waals surface area contributed by atoms with E-state index in [4.69, 9.17) is 4.74 Å². The Morgan fingerprint density at radius 1 is 0.818 bits per heavy atom. The quantitative estimate of drug-likeness (QED) is 0.264. The number of benzene rings is 1. The van der Waals surface area contributed by atoms with Gasteiger partial charge in [0.05, 0.1) is 0 Å². The molecule has 1 aromatic rings. The molecule has 0 aliphatic heterocycles. The summed E-state index contributed by atoms with van der Waals surface area (Å²) in [6.45, 7) is 2.24. The minimum atomic E-state index is -0.112. The zero-order valence-corrected chi connectivity index (χ0v) is 12.8. The number of carbonyl (C=O) groups is 1. The molecule has 0 saturated heterocycles. The third-order valence-corrected chi connectivity index (χ3v) is 3.46. The van der Waals surface area contributed by atoms with Gasteiger partial charge in [0.1, 0.15) is 5.75 Å². The van der Waals surface area contributed by atoms with Crippen molar-refractivity contribution in [1.82, 2.24) is 0 Å². The number of hydrogen-bond donors (Lipinski definition) is 0. The fourth-order valence-electron chi connectivity index (χ4n) is 2.25. The van der Waals surface area contributed by atoms with E-state index in [9.17, 15) is 4.79 Å². The SMILES string of the molecule is CCCCCCCCCCCC(=O)Oc1ccccc1.[NaH].[NaH]. The van der Waals surface area contributed by atoms with E-state index in [1.165, 1.54) is 44.9 Å². The predicted octanol–water partition coefficient (Wildman–Crippen LogP) is 4.22. The molecule has 1 aromatic carbocycles. The second-order valence-corrected chi connectivity index (χ2v) is 5.37. The first-order chi connectivity index (χ1) is 9.83. The first-order valence-corrected chi connectivity index (χ1v) is 8.08. The van der Waals surface area contributed by atoms with Crippen LogP contribution in [0.1, 0.15) is 71.1 Å². The molecule has 0 aromatic heterocycles. The zero-order chi connectivity index (χ0) is 14.5.